The maximum Gasteiger partial charge on any atom is 0.340 e. The molecule has 72 heavy (non-hydrogen) atoms. The summed E-state index contributed by atoms with van der Waals surface area (Å²) in [6.45, 7) is 10.8. The highest BCUT2D eigenvalue weighted by molar-refractivity contribution is 6.01. The van der Waals surface area contributed by atoms with E-state index in [2.05, 4.69) is 5.32 Å². The van der Waals surface area contributed by atoms with Gasteiger partial charge in [-0.15, -0.1) is 0 Å². The minimum absolute atomic E-state index is 0.0250. The molecule has 1 amide bonds. The van der Waals surface area contributed by atoms with Gasteiger partial charge in [0.25, 0.3) is 5.91 Å². The van der Waals surface area contributed by atoms with Crippen molar-refractivity contribution in [2.24, 2.45) is 10.8 Å². The van der Waals surface area contributed by atoms with Crippen LogP contribution in [0.25, 0.3) is 0 Å². The Morgan fingerprint density at radius 2 is 1.12 bits per heavy atom. The van der Waals surface area contributed by atoms with Crippen LogP contribution in [0.3, 0.4) is 0 Å². The number of fused-ring (bicyclic) bond motifs is 6. The highest BCUT2D eigenvalue weighted by Crippen LogP contribution is 2.57. The lowest BCUT2D eigenvalue weighted by molar-refractivity contribution is -0.143. The number of hydrogen-bond acceptors (Lipinski definition) is 13. The number of rotatable bonds is 17. The van der Waals surface area contributed by atoms with Crippen LogP contribution < -0.4 is 29.0 Å². The van der Waals surface area contributed by atoms with Gasteiger partial charge in [0.15, 0.2) is 5.60 Å². The van der Waals surface area contributed by atoms with Gasteiger partial charge in [0.1, 0.15) is 46.2 Å². The van der Waals surface area contributed by atoms with Gasteiger partial charge in [0.05, 0.1) is 43.8 Å². The molecule has 2 aliphatic rings. The average Bonchev–Trinajstić information content (AvgIpc) is 3.65. The van der Waals surface area contributed by atoms with Crippen LogP contribution in [0.1, 0.15) is 102 Å². The van der Waals surface area contributed by atoms with Gasteiger partial charge in [-0.3, -0.25) is 14.4 Å². The number of carbonyl (C=O) groups is 4. The maximum absolute atomic E-state index is 13.9. The van der Waals surface area contributed by atoms with E-state index in [1.807, 2.05) is 78.9 Å². The summed E-state index contributed by atoms with van der Waals surface area (Å²) in [6.07, 6.45) is -0.571. The first-order valence-corrected chi connectivity index (χ1v) is 23.7. The molecule has 2 aliphatic heterocycles. The van der Waals surface area contributed by atoms with Gasteiger partial charge < -0.3 is 48.3 Å². The lowest BCUT2D eigenvalue weighted by Crippen LogP contribution is -2.36. The van der Waals surface area contributed by atoms with E-state index in [1.165, 1.54) is 6.07 Å². The summed E-state index contributed by atoms with van der Waals surface area (Å²) >= 11 is 0. The molecule has 1 atom stereocenters. The van der Waals surface area contributed by atoms with E-state index in [0.717, 1.165) is 16.7 Å². The normalized spacial score (nSPS) is 13.9. The van der Waals surface area contributed by atoms with Gasteiger partial charge in [-0.25, -0.2) is 4.79 Å². The number of methoxy groups -OCH3 is 2. The Bertz CT molecular complexity index is 2830. The van der Waals surface area contributed by atoms with E-state index in [9.17, 15) is 24.3 Å². The number of esters is 3. The predicted octanol–water partition coefficient (Wildman–Crippen LogP) is 9.68. The molecule has 2 heterocycles. The summed E-state index contributed by atoms with van der Waals surface area (Å²) < 4.78 is 47.7. The van der Waals surface area contributed by atoms with Crippen molar-refractivity contribution < 1.29 is 62.2 Å². The number of aliphatic hydroxyl groups is 1. The van der Waals surface area contributed by atoms with Crippen LogP contribution in [-0.4, -0.2) is 75.6 Å². The summed E-state index contributed by atoms with van der Waals surface area (Å²) in [5.41, 5.74) is 0.0581. The fourth-order valence-corrected chi connectivity index (χ4v) is 8.52. The summed E-state index contributed by atoms with van der Waals surface area (Å²) in [7, 11) is 3.22. The number of hydrogen-bond donors (Lipinski definition) is 2. The molecule has 1 unspecified atom stereocenters. The summed E-state index contributed by atoms with van der Waals surface area (Å²) in [4.78, 5) is 53.2. The van der Waals surface area contributed by atoms with Gasteiger partial charge >= 0.3 is 17.9 Å². The maximum atomic E-state index is 13.9. The second-order valence-electron chi connectivity index (χ2n) is 19.7. The molecule has 14 heteroatoms. The Morgan fingerprint density at radius 3 is 1.64 bits per heavy atom. The van der Waals surface area contributed by atoms with Gasteiger partial charge in [-0.2, -0.15) is 0 Å². The molecule has 0 aliphatic carbocycles. The lowest BCUT2D eigenvalue weighted by atomic mass is 9.77. The Balaban J connectivity index is 0.939. The van der Waals surface area contributed by atoms with Gasteiger partial charge in [0.2, 0.25) is 0 Å². The molecule has 0 bridgehead atoms. The number of aliphatic hydroxyl groups excluding tert-OH is 1. The smallest absolute Gasteiger partial charge is 0.340 e. The van der Waals surface area contributed by atoms with Gasteiger partial charge in [-0.05, 0) is 125 Å². The molecule has 0 saturated heterocycles. The Hall–Kier alpha value is -7.52. The summed E-state index contributed by atoms with van der Waals surface area (Å²) in [5.74, 6) is 0.289. The molecule has 1 spiro atoms. The van der Waals surface area contributed by atoms with Crippen molar-refractivity contribution in [3.8, 4) is 34.5 Å². The van der Waals surface area contributed by atoms with Crippen LogP contribution in [0, 0.1) is 10.8 Å². The zero-order chi connectivity index (χ0) is 51.4. The monoisotopic (exact) mass is 977 g/mol. The lowest BCUT2D eigenvalue weighted by Gasteiger charge is -2.36. The molecule has 374 valence electrons. The van der Waals surface area contributed by atoms with E-state index in [-0.39, 0.29) is 60.5 Å². The first-order chi connectivity index (χ1) is 34.4. The van der Waals surface area contributed by atoms with Crippen molar-refractivity contribution in [3.63, 3.8) is 0 Å². The molecule has 8 rings (SSSR count). The molecule has 0 radical (unpaired) electrons. The highest BCUT2D eigenvalue weighted by Gasteiger charge is 2.54. The fraction of sp³-hybridized carbons (Fsp3) is 0.310. The van der Waals surface area contributed by atoms with Crippen molar-refractivity contribution in [1.82, 2.24) is 5.32 Å². The van der Waals surface area contributed by atoms with E-state index in [1.54, 1.807) is 104 Å². The second kappa shape index (κ2) is 20.7. The number of amides is 1. The molecule has 0 aromatic heterocycles. The topological polar surface area (TPSA) is 174 Å². The first-order valence-electron chi connectivity index (χ1n) is 23.7. The zero-order valence-electron chi connectivity index (χ0n) is 41.7. The molecule has 6 aromatic carbocycles. The van der Waals surface area contributed by atoms with E-state index in [0.29, 0.717) is 34.6 Å². The predicted molar refractivity (Wildman–Crippen MR) is 267 cm³/mol. The SMILES string of the molecule is COc1ccc(C(OCC(O)COCCCNC(=O)c2ccc3c(c2)C(=O)OC32c3ccc(OC(=O)C(C)(C)C)cc3Oc3cc(OC(=O)C(C)(C)C)ccc32)(c2ccccc2)c2ccc(OC)cc2)cc1. The summed E-state index contributed by atoms with van der Waals surface area (Å²) in [5, 5.41) is 14.1. The Kier molecular flexibility index (Phi) is 14.6. The van der Waals surface area contributed by atoms with Crippen LogP contribution >= 0.6 is 0 Å². The summed E-state index contributed by atoms with van der Waals surface area (Å²) in [6, 6.07) is 39.5. The highest BCUT2D eigenvalue weighted by atomic mass is 16.6. The molecular formula is C58H59NO13. The van der Waals surface area contributed by atoms with Crippen LogP contribution in [0.5, 0.6) is 34.5 Å². The second-order valence-corrected chi connectivity index (χ2v) is 19.7. The van der Waals surface area contributed by atoms with Crippen molar-refractivity contribution in [2.45, 2.75) is 65.3 Å². The third-order valence-corrected chi connectivity index (χ3v) is 12.4. The van der Waals surface area contributed by atoms with Crippen LogP contribution in [0.4, 0.5) is 0 Å². The minimum Gasteiger partial charge on any atom is -0.497 e. The Labute approximate surface area is 419 Å². The molecular weight excluding hydrogens is 919 g/mol. The first kappa shape index (κ1) is 50.9. The number of nitrogens with one attached hydrogen (secondary N) is 1. The van der Waals surface area contributed by atoms with Crippen LogP contribution in [-0.2, 0) is 35.0 Å². The molecule has 0 fully saturated rings. The van der Waals surface area contributed by atoms with Crippen molar-refractivity contribution in [2.75, 3.05) is 40.6 Å². The van der Waals surface area contributed by atoms with E-state index >= 15 is 0 Å². The van der Waals surface area contributed by atoms with E-state index < -0.39 is 52.0 Å². The van der Waals surface area contributed by atoms with Crippen LogP contribution in [0.15, 0.2) is 133 Å². The zero-order valence-corrected chi connectivity index (χ0v) is 41.7. The van der Waals surface area contributed by atoms with Gasteiger partial charge in [-0.1, -0.05) is 60.7 Å². The molecule has 14 nitrogen and oxygen atoms in total. The number of benzene rings is 6. The van der Waals surface area contributed by atoms with Crippen molar-refractivity contribution >= 4 is 23.8 Å². The number of carbonyl (C=O) groups excluding carboxylic acids is 4. The minimum atomic E-state index is -1.54. The van der Waals surface area contributed by atoms with Crippen molar-refractivity contribution in [1.29, 1.82) is 0 Å². The molecule has 2 N–H and O–H groups in total. The standard InChI is InChI=1S/C58H59NO13/c1-55(2,3)53(63)69-43-24-27-47-49(32-43)71-50-33-44(70-54(64)56(4,5)6)25-28-48(50)58(47)46-26-15-36(31-45(46)52(62)72-58)51(61)59-29-12-30-67-34-40(60)35-68-57(37-13-10-9-11-14-37,38-16-20-41(65-7)21-17-38)39-18-22-42(66-8)23-19-39/h9-11,13-28,31-33,40,60H,12,29-30,34-35H2,1-8H3,(H,59,61). The van der Waals surface area contributed by atoms with E-state index in [4.69, 9.17) is 37.9 Å². The quantitative estimate of drug-likeness (QED) is 0.0383. The third-order valence-electron chi connectivity index (χ3n) is 12.4. The Morgan fingerprint density at radius 1 is 0.625 bits per heavy atom. The van der Waals surface area contributed by atoms with Crippen LogP contribution in [0.2, 0.25) is 0 Å². The van der Waals surface area contributed by atoms with Crippen molar-refractivity contribution in [3.05, 3.63) is 178 Å². The fourth-order valence-electron chi connectivity index (χ4n) is 8.52. The number of ether oxygens (including phenoxy) is 8. The molecule has 0 saturated carbocycles. The van der Waals surface area contributed by atoms with Gasteiger partial charge in [0, 0.05) is 47.5 Å². The largest absolute Gasteiger partial charge is 0.497 e. The molecule has 6 aromatic rings. The average molecular weight is 978 g/mol. The third kappa shape index (κ3) is 10.3.